The Balaban J connectivity index is 3.15. The van der Waals surface area contributed by atoms with E-state index in [1.165, 1.54) is 24.6 Å². The predicted molar refractivity (Wildman–Crippen MR) is 30.7 cm³/mol. The summed E-state index contributed by atoms with van der Waals surface area (Å²) in [6, 6.07) is 2.92. The van der Waals surface area contributed by atoms with Crippen molar-refractivity contribution in [1.82, 2.24) is 4.98 Å². The van der Waals surface area contributed by atoms with Crippen LogP contribution in [0.4, 0.5) is 0 Å². The number of aromatic nitrogens is 1. The second kappa shape index (κ2) is 2.20. The van der Waals surface area contributed by atoms with Crippen LogP contribution in [-0.4, -0.2) is 16.4 Å². The van der Waals surface area contributed by atoms with Gasteiger partial charge in [0, 0.05) is 6.20 Å². The van der Waals surface area contributed by atoms with E-state index >= 15 is 0 Å². The molecular weight excluding hydrogens is 118 g/mol. The first-order valence-corrected chi connectivity index (χ1v) is 2.36. The highest BCUT2D eigenvalue weighted by Gasteiger charge is 2.11. The minimum Gasteiger partial charge on any atom is -0.418 e. The van der Waals surface area contributed by atoms with Crippen molar-refractivity contribution in [3.8, 4) is 5.75 Å². The third-order valence-corrected chi connectivity index (χ3v) is 0.883. The van der Waals surface area contributed by atoms with Gasteiger partial charge in [-0.25, -0.2) is 4.98 Å². The van der Waals surface area contributed by atoms with Crippen LogP contribution in [0.15, 0.2) is 18.3 Å². The summed E-state index contributed by atoms with van der Waals surface area (Å²) in [5.41, 5.74) is -0.0440. The quantitative estimate of drug-likeness (QED) is 0.543. The summed E-state index contributed by atoms with van der Waals surface area (Å²) in [7, 11) is 0. The fourth-order valence-corrected chi connectivity index (χ4v) is 0.475. The van der Waals surface area contributed by atoms with Crippen molar-refractivity contribution in [2.75, 3.05) is 0 Å². The first-order valence-electron chi connectivity index (χ1n) is 2.36. The summed E-state index contributed by atoms with van der Waals surface area (Å²) in [6.07, 6.45) is 2.90. The van der Waals surface area contributed by atoms with Gasteiger partial charge in [-0.15, -0.1) is 0 Å². The van der Waals surface area contributed by atoms with Crippen molar-refractivity contribution in [3.63, 3.8) is 0 Å². The Labute approximate surface area is 52.0 Å². The minimum atomic E-state index is -0.132. The molecule has 3 heteroatoms. The van der Waals surface area contributed by atoms with E-state index in [0.29, 0.717) is 0 Å². The maximum absolute atomic E-state index is 9.88. The molecule has 0 saturated carbocycles. The Morgan fingerprint density at radius 3 is 2.89 bits per heavy atom. The van der Waals surface area contributed by atoms with E-state index in [9.17, 15) is 4.79 Å². The predicted octanol–water partition coefficient (Wildman–Crippen LogP) is 0.245. The van der Waals surface area contributed by atoms with E-state index in [2.05, 4.69) is 4.98 Å². The number of hydrogen-bond donors (Lipinski definition) is 1. The Bertz CT molecular complexity index is 222. The summed E-state index contributed by atoms with van der Waals surface area (Å²) in [6.45, 7) is 0. The van der Waals surface area contributed by atoms with E-state index < -0.39 is 0 Å². The molecule has 0 aromatic carbocycles. The van der Waals surface area contributed by atoms with Gasteiger partial charge >= 0.3 is 12.0 Å². The van der Waals surface area contributed by atoms with Crippen molar-refractivity contribution in [2.45, 2.75) is 0 Å². The zero-order chi connectivity index (χ0) is 6.69. The highest BCUT2D eigenvalue weighted by atomic mass is 16.3. The molecule has 9 heavy (non-hydrogen) atoms. The molecule has 0 aliphatic rings. The topological polar surface area (TPSA) is 50.2 Å². The van der Waals surface area contributed by atoms with Gasteiger partial charge in [0.25, 0.3) is 5.75 Å². The normalized spacial score (nSPS) is 8.44. The van der Waals surface area contributed by atoms with Gasteiger partial charge in [-0.2, -0.15) is 0 Å². The number of nitrogens with zero attached hydrogens (tertiary/aromatic N) is 1. The molecule has 1 aromatic rings. The van der Waals surface area contributed by atoms with Crippen LogP contribution in [0, 0.1) is 0 Å². The molecule has 0 spiro atoms. The molecule has 0 fully saturated rings. The summed E-state index contributed by atoms with van der Waals surface area (Å²) in [4.78, 5) is 13.4. The molecule has 0 radical (unpaired) electrons. The van der Waals surface area contributed by atoms with Crippen molar-refractivity contribution in [2.24, 2.45) is 0 Å². The molecule has 0 saturated heterocycles. The first-order chi connectivity index (χ1) is 4.34. The molecule has 0 bridgehead atoms. The average Bonchev–Trinajstić information content (AvgIpc) is 1.89. The molecule has 0 atom stereocenters. The lowest BCUT2D eigenvalue weighted by Crippen LogP contribution is -1.84. The highest BCUT2D eigenvalue weighted by Crippen LogP contribution is 2.08. The summed E-state index contributed by atoms with van der Waals surface area (Å²) in [5, 5.41) is 8.79. The largest absolute Gasteiger partial charge is 0.418 e. The van der Waals surface area contributed by atoms with Crippen molar-refractivity contribution < 1.29 is 9.90 Å². The SMILES string of the molecule is O=[C+]c1ncccc1O. The zero-order valence-electron chi connectivity index (χ0n) is 4.53. The molecule has 1 aromatic heterocycles. The number of carbonyl (C=O) groups excluding carboxylic acids is 1. The maximum Gasteiger partial charge on any atom is 0.391 e. The van der Waals surface area contributed by atoms with E-state index in [0.717, 1.165) is 0 Å². The monoisotopic (exact) mass is 122 g/mol. The molecule has 1 rings (SSSR count). The van der Waals surface area contributed by atoms with Gasteiger partial charge in [0.15, 0.2) is 0 Å². The molecule has 1 N–H and O–H groups in total. The smallest absolute Gasteiger partial charge is 0.391 e. The Morgan fingerprint density at radius 2 is 2.44 bits per heavy atom. The highest BCUT2D eigenvalue weighted by molar-refractivity contribution is 5.76. The Kier molecular flexibility index (Phi) is 1.38. The number of rotatable bonds is 1. The molecule has 0 amide bonds. The number of aromatic hydroxyl groups is 1. The van der Waals surface area contributed by atoms with Gasteiger partial charge in [-0.05, 0) is 6.07 Å². The van der Waals surface area contributed by atoms with Crippen LogP contribution in [0.1, 0.15) is 5.69 Å². The van der Waals surface area contributed by atoms with Crippen LogP contribution in [0.3, 0.4) is 0 Å². The fourth-order valence-electron chi connectivity index (χ4n) is 0.475. The van der Waals surface area contributed by atoms with Gasteiger partial charge in [-0.3, -0.25) is 0 Å². The standard InChI is InChI=1S/C6H3NO2/c8-4-5-6(9)2-1-3-7-5/h1-3H/p+1. The third kappa shape index (κ3) is 1.01. The van der Waals surface area contributed by atoms with E-state index in [1.54, 1.807) is 0 Å². The van der Waals surface area contributed by atoms with Gasteiger partial charge in [0.05, 0.1) is 6.07 Å². The van der Waals surface area contributed by atoms with Crippen LogP contribution < -0.4 is 0 Å². The second-order valence-electron chi connectivity index (χ2n) is 1.47. The lowest BCUT2D eigenvalue weighted by atomic mass is 10.3. The average molecular weight is 122 g/mol. The molecule has 1 heterocycles. The fraction of sp³-hybridized carbons (Fsp3) is 0. The Morgan fingerprint density at radius 1 is 1.67 bits per heavy atom. The van der Waals surface area contributed by atoms with Crippen molar-refractivity contribution in [1.29, 1.82) is 0 Å². The van der Waals surface area contributed by atoms with Gasteiger partial charge in [0.2, 0.25) is 0 Å². The number of pyridine rings is 1. The zero-order valence-corrected chi connectivity index (χ0v) is 4.53. The van der Waals surface area contributed by atoms with E-state index in [1.807, 2.05) is 0 Å². The maximum atomic E-state index is 9.88. The summed E-state index contributed by atoms with van der Waals surface area (Å²) >= 11 is 0. The molecule has 0 aliphatic carbocycles. The van der Waals surface area contributed by atoms with Crippen LogP contribution in [-0.2, 0) is 4.79 Å². The molecule has 0 aliphatic heterocycles. The lowest BCUT2D eigenvalue weighted by Gasteiger charge is -1.78. The van der Waals surface area contributed by atoms with Crippen molar-refractivity contribution in [3.05, 3.63) is 24.0 Å². The molecular formula is C6H4NO2+. The second-order valence-corrected chi connectivity index (χ2v) is 1.47. The first kappa shape index (κ1) is 5.66. The summed E-state index contributed by atoms with van der Waals surface area (Å²) in [5.74, 6) is -0.132. The molecule has 0 unspecified atom stereocenters. The van der Waals surface area contributed by atoms with Gasteiger partial charge in [0.1, 0.15) is 0 Å². The third-order valence-electron chi connectivity index (χ3n) is 0.883. The Hall–Kier alpha value is -1.47. The lowest BCUT2D eigenvalue weighted by molar-refractivity contribution is 0.469. The van der Waals surface area contributed by atoms with E-state index in [4.69, 9.17) is 5.11 Å². The van der Waals surface area contributed by atoms with Crippen LogP contribution in [0.25, 0.3) is 0 Å². The van der Waals surface area contributed by atoms with Crippen LogP contribution in [0.5, 0.6) is 5.75 Å². The van der Waals surface area contributed by atoms with Crippen LogP contribution >= 0.6 is 0 Å². The molecule has 44 valence electrons. The summed E-state index contributed by atoms with van der Waals surface area (Å²) < 4.78 is 0. The minimum absolute atomic E-state index is 0.0440. The van der Waals surface area contributed by atoms with Crippen LogP contribution in [0.2, 0.25) is 0 Å². The van der Waals surface area contributed by atoms with Gasteiger partial charge in [-0.1, -0.05) is 4.79 Å². The van der Waals surface area contributed by atoms with Crippen molar-refractivity contribution >= 4 is 6.29 Å². The number of hydrogen-bond acceptors (Lipinski definition) is 3. The van der Waals surface area contributed by atoms with E-state index in [-0.39, 0.29) is 11.4 Å². The van der Waals surface area contributed by atoms with Gasteiger partial charge < -0.3 is 5.11 Å². The molecule has 3 nitrogen and oxygen atoms in total.